The Morgan fingerprint density at radius 2 is 1.78 bits per heavy atom. The molecule has 1 saturated carbocycles. The lowest BCUT2D eigenvalue weighted by molar-refractivity contribution is -0.134. The topological polar surface area (TPSA) is 66.5 Å². The molecule has 0 aromatic heterocycles. The molecule has 7 heteroatoms. The Kier molecular flexibility index (Phi) is 4.48. The summed E-state index contributed by atoms with van der Waals surface area (Å²) < 4.78 is 29.9. The maximum absolute atomic E-state index is 14.9. The fourth-order valence-corrected chi connectivity index (χ4v) is 4.60. The molecular weight excluding hydrogens is 354 g/mol. The molecular formula is C20H22F2N2O3. The zero-order chi connectivity index (χ0) is 19.2. The molecule has 1 aliphatic carbocycles. The van der Waals surface area contributed by atoms with Gasteiger partial charge in [-0.2, -0.15) is 0 Å². The van der Waals surface area contributed by atoms with E-state index in [0.717, 1.165) is 0 Å². The van der Waals surface area contributed by atoms with E-state index in [4.69, 9.17) is 0 Å². The van der Waals surface area contributed by atoms with Gasteiger partial charge in [-0.15, -0.1) is 0 Å². The predicted octanol–water partition coefficient (Wildman–Crippen LogP) is 3.02. The molecule has 1 N–H and O–H groups in total. The monoisotopic (exact) mass is 376 g/mol. The average molecular weight is 376 g/mol. The van der Waals surface area contributed by atoms with E-state index in [0.29, 0.717) is 43.4 Å². The quantitative estimate of drug-likeness (QED) is 0.806. The minimum atomic E-state index is -2.97. The van der Waals surface area contributed by atoms with Crippen LogP contribution in [-0.2, 0) is 20.3 Å². The maximum atomic E-state index is 14.9. The summed E-state index contributed by atoms with van der Waals surface area (Å²) in [7, 11) is 0. The molecule has 1 aromatic carbocycles. The van der Waals surface area contributed by atoms with Crippen LogP contribution in [-0.4, -0.2) is 30.2 Å². The number of anilines is 1. The van der Waals surface area contributed by atoms with E-state index in [-0.39, 0.29) is 42.6 Å². The van der Waals surface area contributed by atoms with E-state index >= 15 is 0 Å². The zero-order valence-electron chi connectivity index (χ0n) is 15.0. The summed E-state index contributed by atoms with van der Waals surface area (Å²) in [5.74, 6) is -3.58. The first-order valence-electron chi connectivity index (χ1n) is 9.50. The highest BCUT2D eigenvalue weighted by Gasteiger charge is 2.45. The lowest BCUT2D eigenvalue weighted by Crippen LogP contribution is -2.55. The van der Waals surface area contributed by atoms with E-state index in [1.54, 1.807) is 23.1 Å². The van der Waals surface area contributed by atoms with E-state index in [1.807, 2.05) is 0 Å². The molecule has 2 fully saturated rings. The van der Waals surface area contributed by atoms with Gasteiger partial charge in [0.25, 0.3) is 5.92 Å². The summed E-state index contributed by atoms with van der Waals surface area (Å²) >= 11 is 0. The van der Waals surface area contributed by atoms with Crippen molar-refractivity contribution in [1.82, 2.24) is 5.32 Å². The largest absolute Gasteiger partial charge is 0.359 e. The van der Waals surface area contributed by atoms with Crippen molar-refractivity contribution in [2.75, 3.05) is 11.4 Å². The first kappa shape index (κ1) is 18.1. The Balaban J connectivity index is 1.73. The molecule has 0 unspecified atom stereocenters. The second-order valence-electron chi connectivity index (χ2n) is 7.67. The van der Waals surface area contributed by atoms with Crippen molar-refractivity contribution in [3.8, 4) is 0 Å². The maximum Gasteiger partial charge on any atom is 0.277 e. The number of piperidine rings is 1. The normalized spacial score (nSPS) is 25.9. The highest BCUT2D eigenvalue weighted by Crippen LogP contribution is 2.48. The van der Waals surface area contributed by atoms with Gasteiger partial charge in [-0.05, 0) is 36.8 Å². The SMILES string of the molecule is O=C1CCC(c2cccc3c2C(F)(F)CCN3[C@@H]2CCC(=O)NC2=O)CC1. The van der Waals surface area contributed by atoms with Crippen LogP contribution in [0.2, 0.25) is 0 Å². The van der Waals surface area contributed by atoms with Gasteiger partial charge in [0.15, 0.2) is 0 Å². The van der Waals surface area contributed by atoms with Gasteiger partial charge >= 0.3 is 0 Å². The average Bonchev–Trinajstić information content (AvgIpc) is 2.63. The highest BCUT2D eigenvalue weighted by molar-refractivity contribution is 6.01. The smallest absolute Gasteiger partial charge is 0.277 e. The van der Waals surface area contributed by atoms with Crippen LogP contribution in [0.25, 0.3) is 0 Å². The number of alkyl halides is 2. The number of carbonyl (C=O) groups is 3. The zero-order valence-corrected chi connectivity index (χ0v) is 15.0. The molecule has 0 radical (unpaired) electrons. The van der Waals surface area contributed by atoms with Crippen molar-refractivity contribution in [1.29, 1.82) is 0 Å². The number of rotatable bonds is 2. The van der Waals surface area contributed by atoms with Gasteiger partial charge in [-0.25, -0.2) is 8.78 Å². The molecule has 2 amide bonds. The second-order valence-corrected chi connectivity index (χ2v) is 7.67. The van der Waals surface area contributed by atoms with Crippen molar-refractivity contribution >= 4 is 23.3 Å². The number of ketones is 1. The molecule has 1 aromatic rings. The van der Waals surface area contributed by atoms with E-state index in [1.165, 1.54) is 0 Å². The van der Waals surface area contributed by atoms with Crippen LogP contribution in [0.5, 0.6) is 0 Å². The molecule has 3 aliphatic rings. The first-order chi connectivity index (χ1) is 12.9. The number of amides is 2. The van der Waals surface area contributed by atoms with Crippen LogP contribution in [0.4, 0.5) is 14.5 Å². The minimum absolute atomic E-state index is 0.000277. The van der Waals surface area contributed by atoms with E-state index in [2.05, 4.69) is 5.32 Å². The number of hydrogen-bond acceptors (Lipinski definition) is 4. The fraction of sp³-hybridized carbons (Fsp3) is 0.550. The van der Waals surface area contributed by atoms with Crippen LogP contribution in [0, 0.1) is 0 Å². The van der Waals surface area contributed by atoms with Crippen LogP contribution < -0.4 is 10.2 Å². The Bertz CT molecular complexity index is 798. The summed E-state index contributed by atoms with van der Waals surface area (Å²) in [5, 5.41) is 2.32. The number of imide groups is 1. The third-order valence-corrected chi connectivity index (χ3v) is 5.99. The molecule has 1 atom stereocenters. The second kappa shape index (κ2) is 6.69. The van der Waals surface area contributed by atoms with Crippen molar-refractivity contribution in [3.63, 3.8) is 0 Å². The molecule has 0 spiro atoms. The lowest BCUT2D eigenvalue weighted by atomic mass is 9.78. The van der Waals surface area contributed by atoms with Gasteiger partial charge < -0.3 is 4.90 Å². The molecule has 0 bridgehead atoms. The Labute approximate surface area is 156 Å². The van der Waals surface area contributed by atoms with Crippen molar-refractivity contribution in [3.05, 3.63) is 29.3 Å². The number of Topliss-reactive ketones (excluding diaryl/α,β-unsaturated/α-hetero) is 1. The number of benzene rings is 1. The molecule has 2 heterocycles. The summed E-state index contributed by atoms with van der Waals surface area (Å²) in [6.45, 7) is 0.0683. The molecule has 4 rings (SSSR count). The van der Waals surface area contributed by atoms with Crippen molar-refractivity contribution in [2.45, 2.75) is 62.8 Å². The number of nitrogens with zero attached hydrogens (tertiary/aromatic N) is 1. The van der Waals surface area contributed by atoms with Crippen LogP contribution in [0.3, 0.4) is 0 Å². The van der Waals surface area contributed by atoms with Gasteiger partial charge in [0.1, 0.15) is 11.8 Å². The highest BCUT2D eigenvalue weighted by atomic mass is 19.3. The van der Waals surface area contributed by atoms with Crippen molar-refractivity contribution < 1.29 is 23.2 Å². The van der Waals surface area contributed by atoms with Gasteiger partial charge in [0.2, 0.25) is 11.8 Å². The van der Waals surface area contributed by atoms with Crippen molar-refractivity contribution in [2.24, 2.45) is 0 Å². The number of fused-ring (bicyclic) bond motifs is 1. The Morgan fingerprint density at radius 1 is 1.04 bits per heavy atom. The van der Waals surface area contributed by atoms with E-state index < -0.39 is 17.9 Å². The van der Waals surface area contributed by atoms with Gasteiger partial charge in [-0.3, -0.25) is 19.7 Å². The van der Waals surface area contributed by atoms with E-state index in [9.17, 15) is 23.2 Å². The van der Waals surface area contributed by atoms with Crippen LogP contribution in [0.15, 0.2) is 18.2 Å². The molecule has 1 saturated heterocycles. The molecule has 2 aliphatic heterocycles. The molecule has 27 heavy (non-hydrogen) atoms. The number of carbonyl (C=O) groups excluding carboxylic acids is 3. The Hall–Kier alpha value is -2.31. The third-order valence-electron chi connectivity index (χ3n) is 5.99. The van der Waals surface area contributed by atoms with Crippen LogP contribution in [0.1, 0.15) is 62.0 Å². The molecule has 144 valence electrons. The van der Waals surface area contributed by atoms with Gasteiger partial charge in [0, 0.05) is 43.5 Å². The fourth-order valence-electron chi connectivity index (χ4n) is 4.60. The number of nitrogens with one attached hydrogen (secondary N) is 1. The summed E-state index contributed by atoms with van der Waals surface area (Å²) in [5.41, 5.74) is 0.984. The summed E-state index contributed by atoms with van der Waals surface area (Å²) in [4.78, 5) is 37.0. The minimum Gasteiger partial charge on any atom is -0.359 e. The summed E-state index contributed by atoms with van der Waals surface area (Å²) in [6, 6.07) is 4.52. The van der Waals surface area contributed by atoms with Crippen LogP contribution >= 0.6 is 0 Å². The Morgan fingerprint density at radius 3 is 2.48 bits per heavy atom. The molecule has 5 nitrogen and oxygen atoms in total. The number of halogens is 2. The third kappa shape index (κ3) is 3.24. The standard InChI is InChI=1S/C20H22F2N2O3/c21-20(22)10-11-24(16-8-9-17(26)23-19(16)27)15-3-1-2-14(18(15)20)12-4-6-13(25)7-5-12/h1-3,12,16H,4-11H2,(H,23,26,27)/t16-/m1/s1. The number of hydrogen-bond donors (Lipinski definition) is 1. The lowest BCUT2D eigenvalue weighted by Gasteiger charge is -2.42. The predicted molar refractivity (Wildman–Crippen MR) is 94.7 cm³/mol. The van der Waals surface area contributed by atoms with Gasteiger partial charge in [-0.1, -0.05) is 12.1 Å². The van der Waals surface area contributed by atoms with Gasteiger partial charge in [0.05, 0.1) is 0 Å². The first-order valence-corrected chi connectivity index (χ1v) is 9.50. The summed E-state index contributed by atoms with van der Waals surface area (Å²) in [6.07, 6.45) is 2.21.